The molecule has 0 amide bonds. The van der Waals surface area contributed by atoms with E-state index in [-0.39, 0.29) is 18.7 Å². The molecule has 0 fully saturated rings. The molecule has 0 spiro atoms. The SMILES string of the molecule is CC(C)CC(C)(CN)NS(=O)(=O)CCCF. The van der Waals surface area contributed by atoms with Gasteiger partial charge in [0.2, 0.25) is 10.0 Å². The molecule has 0 radical (unpaired) electrons. The van der Waals surface area contributed by atoms with Gasteiger partial charge in [0, 0.05) is 12.1 Å². The highest BCUT2D eigenvalue weighted by Crippen LogP contribution is 2.16. The number of sulfonamides is 1. The minimum absolute atomic E-state index is 0.0255. The molecule has 6 heteroatoms. The van der Waals surface area contributed by atoms with E-state index in [2.05, 4.69) is 4.72 Å². The van der Waals surface area contributed by atoms with Crippen LogP contribution in [-0.4, -0.2) is 32.9 Å². The maximum Gasteiger partial charge on any atom is 0.212 e. The highest BCUT2D eigenvalue weighted by molar-refractivity contribution is 7.89. The summed E-state index contributed by atoms with van der Waals surface area (Å²) in [6, 6.07) is 0. The predicted octanol–water partition coefficient (Wildman–Crippen LogP) is 1.03. The van der Waals surface area contributed by atoms with Crippen molar-refractivity contribution in [3.63, 3.8) is 0 Å². The first-order chi connectivity index (χ1) is 7.24. The van der Waals surface area contributed by atoms with Crippen LogP contribution in [0.4, 0.5) is 4.39 Å². The summed E-state index contributed by atoms with van der Waals surface area (Å²) < 4.78 is 37.7. The van der Waals surface area contributed by atoms with Crippen molar-refractivity contribution < 1.29 is 12.8 Å². The van der Waals surface area contributed by atoms with E-state index in [1.165, 1.54) is 0 Å². The number of nitrogens with two attached hydrogens (primary N) is 1. The molecule has 0 heterocycles. The summed E-state index contributed by atoms with van der Waals surface area (Å²) in [5.74, 6) is 0.161. The zero-order valence-electron chi connectivity index (χ0n) is 10.3. The van der Waals surface area contributed by atoms with E-state index in [9.17, 15) is 12.8 Å². The molecule has 0 aromatic heterocycles. The molecule has 3 N–H and O–H groups in total. The topological polar surface area (TPSA) is 72.2 Å². The van der Waals surface area contributed by atoms with Gasteiger partial charge in [0.05, 0.1) is 12.4 Å². The van der Waals surface area contributed by atoms with Gasteiger partial charge in [-0.3, -0.25) is 4.39 Å². The summed E-state index contributed by atoms with van der Waals surface area (Å²) in [4.78, 5) is 0. The molecular weight excluding hydrogens is 231 g/mol. The Kier molecular flexibility index (Phi) is 6.43. The summed E-state index contributed by atoms with van der Waals surface area (Å²) in [7, 11) is -3.43. The van der Waals surface area contributed by atoms with Crippen molar-refractivity contribution in [1.29, 1.82) is 0 Å². The monoisotopic (exact) mass is 254 g/mol. The van der Waals surface area contributed by atoms with Crippen LogP contribution in [0.25, 0.3) is 0 Å². The minimum atomic E-state index is -3.43. The Bertz CT molecular complexity index is 293. The van der Waals surface area contributed by atoms with Crippen molar-refractivity contribution in [2.75, 3.05) is 19.0 Å². The minimum Gasteiger partial charge on any atom is -0.329 e. The van der Waals surface area contributed by atoms with Gasteiger partial charge in [-0.2, -0.15) is 0 Å². The summed E-state index contributed by atoms with van der Waals surface area (Å²) in [5.41, 5.74) is 4.95. The van der Waals surface area contributed by atoms with Crippen LogP contribution >= 0.6 is 0 Å². The largest absolute Gasteiger partial charge is 0.329 e. The van der Waals surface area contributed by atoms with Crippen molar-refractivity contribution >= 4 is 10.0 Å². The first-order valence-corrected chi connectivity index (χ1v) is 7.17. The summed E-state index contributed by atoms with van der Waals surface area (Å²) in [5, 5.41) is 0. The number of nitrogens with one attached hydrogen (secondary N) is 1. The second-order valence-electron chi connectivity index (χ2n) is 4.83. The average Bonchev–Trinajstić information content (AvgIpc) is 2.12. The van der Waals surface area contributed by atoms with E-state index in [1.54, 1.807) is 6.92 Å². The van der Waals surface area contributed by atoms with Gasteiger partial charge >= 0.3 is 0 Å². The summed E-state index contributed by atoms with van der Waals surface area (Å²) >= 11 is 0. The van der Waals surface area contributed by atoms with E-state index in [1.807, 2.05) is 13.8 Å². The third-order valence-corrected chi connectivity index (χ3v) is 3.89. The van der Waals surface area contributed by atoms with Crippen molar-refractivity contribution in [3.05, 3.63) is 0 Å². The van der Waals surface area contributed by atoms with E-state index in [0.29, 0.717) is 12.3 Å². The summed E-state index contributed by atoms with van der Waals surface area (Å²) in [6.45, 7) is 5.40. The number of rotatable bonds is 8. The van der Waals surface area contributed by atoms with E-state index < -0.39 is 22.2 Å². The third kappa shape index (κ3) is 6.40. The van der Waals surface area contributed by atoms with E-state index >= 15 is 0 Å². The Balaban J connectivity index is 4.51. The van der Waals surface area contributed by atoms with Gasteiger partial charge in [-0.25, -0.2) is 13.1 Å². The quantitative estimate of drug-likeness (QED) is 0.679. The summed E-state index contributed by atoms with van der Waals surface area (Å²) in [6.07, 6.45) is 0.690. The van der Waals surface area contributed by atoms with Crippen molar-refractivity contribution in [2.24, 2.45) is 11.7 Å². The zero-order chi connectivity index (χ0) is 12.8. The predicted molar refractivity (Wildman–Crippen MR) is 64.4 cm³/mol. The van der Waals surface area contributed by atoms with Gasteiger partial charge in [-0.1, -0.05) is 13.8 Å². The van der Waals surface area contributed by atoms with Crippen LogP contribution in [0.15, 0.2) is 0 Å². The van der Waals surface area contributed by atoms with Gasteiger partial charge in [-0.05, 0) is 25.7 Å². The van der Waals surface area contributed by atoms with Crippen LogP contribution in [0.1, 0.15) is 33.6 Å². The number of hydrogen-bond donors (Lipinski definition) is 2. The lowest BCUT2D eigenvalue weighted by molar-refractivity contribution is 0.344. The molecule has 0 aliphatic heterocycles. The lowest BCUT2D eigenvalue weighted by atomic mass is 9.92. The third-order valence-electron chi connectivity index (χ3n) is 2.26. The maximum atomic E-state index is 11.9. The molecule has 4 nitrogen and oxygen atoms in total. The fourth-order valence-electron chi connectivity index (χ4n) is 1.74. The highest BCUT2D eigenvalue weighted by atomic mass is 32.2. The lowest BCUT2D eigenvalue weighted by Gasteiger charge is -2.30. The first kappa shape index (κ1) is 15.8. The fourth-order valence-corrected chi connectivity index (χ4v) is 3.25. The van der Waals surface area contributed by atoms with Gasteiger partial charge in [0.1, 0.15) is 0 Å². The van der Waals surface area contributed by atoms with Crippen LogP contribution < -0.4 is 10.5 Å². The van der Waals surface area contributed by atoms with Crippen LogP contribution in [0.3, 0.4) is 0 Å². The van der Waals surface area contributed by atoms with Crippen LogP contribution in [0.2, 0.25) is 0 Å². The second-order valence-corrected chi connectivity index (χ2v) is 6.67. The lowest BCUT2D eigenvalue weighted by Crippen LogP contribution is -2.52. The first-order valence-electron chi connectivity index (χ1n) is 5.52. The van der Waals surface area contributed by atoms with Crippen molar-refractivity contribution in [2.45, 2.75) is 39.2 Å². The Labute approximate surface area is 97.8 Å². The zero-order valence-corrected chi connectivity index (χ0v) is 11.1. The number of alkyl halides is 1. The Morgan fingerprint density at radius 2 is 2.00 bits per heavy atom. The molecule has 0 aliphatic carbocycles. The number of hydrogen-bond acceptors (Lipinski definition) is 3. The van der Waals surface area contributed by atoms with Crippen LogP contribution in [0, 0.1) is 5.92 Å². The van der Waals surface area contributed by atoms with Gasteiger partial charge in [0.25, 0.3) is 0 Å². The highest BCUT2D eigenvalue weighted by Gasteiger charge is 2.28. The molecule has 0 saturated heterocycles. The van der Waals surface area contributed by atoms with Crippen LogP contribution in [0.5, 0.6) is 0 Å². The Morgan fingerprint density at radius 3 is 2.38 bits per heavy atom. The Hall–Kier alpha value is -0.200. The molecule has 98 valence electrons. The second kappa shape index (κ2) is 6.51. The molecule has 0 aliphatic rings. The molecular formula is C10H23FN2O2S. The molecule has 0 bridgehead atoms. The van der Waals surface area contributed by atoms with Crippen molar-refractivity contribution in [1.82, 2.24) is 4.72 Å². The van der Waals surface area contributed by atoms with Gasteiger partial charge in [-0.15, -0.1) is 0 Å². The average molecular weight is 254 g/mol. The standard InChI is InChI=1S/C10H23FN2O2S/c1-9(2)7-10(3,8-12)13-16(14,15)6-4-5-11/h9,13H,4-8,12H2,1-3H3. The van der Waals surface area contributed by atoms with Crippen LogP contribution in [-0.2, 0) is 10.0 Å². The normalized spacial score (nSPS) is 16.4. The molecule has 0 aromatic carbocycles. The van der Waals surface area contributed by atoms with Gasteiger partial charge in [0.15, 0.2) is 0 Å². The maximum absolute atomic E-state index is 11.9. The molecule has 1 atom stereocenters. The molecule has 1 unspecified atom stereocenters. The van der Waals surface area contributed by atoms with Gasteiger partial charge < -0.3 is 5.73 Å². The van der Waals surface area contributed by atoms with E-state index in [0.717, 1.165) is 0 Å². The fraction of sp³-hybridized carbons (Fsp3) is 1.00. The Morgan fingerprint density at radius 1 is 1.44 bits per heavy atom. The smallest absolute Gasteiger partial charge is 0.212 e. The molecule has 0 aromatic rings. The molecule has 0 saturated carbocycles. The number of halogens is 1. The van der Waals surface area contributed by atoms with E-state index in [4.69, 9.17) is 5.73 Å². The van der Waals surface area contributed by atoms with Crippen molar-refractivity contribution in [3.8, 4) is 0 Å². The molecule has 0 rings (SSSR count). The molecule has 16 heavy (non-hydrogen) atoms.